The fourth-order valence-corrected chi connectivity index (χ4v) is 5.01. The Bertz CT molecular complexity index is 946. The Morgan fingerprint density at radius 1 is 1.32 bits per heavy atom. The standard InChI is InChI=1S/C22H25ClN4O/c1-2-21(28)26-11-9-17-22-18(13-26)24-10-8-20(22)27(25-17)19-7-6-15(12-16(19)23)14-4-3-5-14/h2,6-7,12,14,18,24H,1,3-5,8-11,13H2. The summed E-state index contributed by atoms with van der Waals surface area (Å²) in [7, 11) is 0. The molecule has 6 heteroatoms. The number of aromatic nitrogens is 2. The van der Waals surface area contributed by atoms with Crippen molar-refractivity contribution in [2.45, 2.75) is 44.1 Å². The lowest BCUT2D eigenvalue weighted by molar-refractivity contribution is -0.126. The van der Waals surface area contributed by atoms with E-state index in [4.69, 9.17) is 16.7 Å². The highest BCUT2D eigenvalue weighted by atomic mass is 35.5. The van der Waals surface area contributed by atoms with E-state index < -0.39 is 0 Å². The molecule has 5 nitrogen and oxygen atoms in total. The van der Waals surface area contributed by atoms with Crippen molar-refractivity contribution in [2.75, 3.05) is 19.6 Å². The first kappa shape index (κ1) is 18.0. The second-order valence-corrected chi connectivity index (χ2v) is 8.46. The summed E-state index contributed by atoms with van der Waals surface area (Å²) in [5, 5.41) is 9.30. The number of amides is 1. The van der Waals surface area contributed by atoms with Gasteiger partial charge in [0.05, 0.1) is 28.1 Å². The number of benzene rings is 1. The maximum atomic E-state index is 12.1. The Hall–Kier alpha value is -2.11. The van der Waals surface area contributed by atoms with E-state index >= 15 is 0 Å². The zero-order valence-electron chi connectivity index (χ0n) is 16.0. The molecule has 1 atom stereocenters. The highest BCUT2D eigenvalue weighted by Crippen LogP contribution is 2.39. The molecular weight excluding hydrogens is 372 g/mol. The summed E-state index contributed by atoms with van der Waals surface area (Å²) in [6.07, 6.45) is 6.92. The molecule has 1 fully saturated rings. The van der Waals surface area contributed by atoms with E-state index in [1.165, 1.54) is 42.2 Å². The van der Waals surface area contributed by atoms with Crippen molar-refractivity contribution in [3.05, 3.63) is 58.4 Å². The van der Waals surface area contributed by atoms with Crippen LogP contribution in [0.1, 0.15) is 53.7 Å². The van der Waals surface area contributed by atoms with E-state index in [2.05, 4.69) is 34.8 Å². The van der Waals surface area contributed by atoms with E-state index in [9.17, 15) is 4.79 Å². The van der Waals surface area contributed by atoms with Crippen LogP contribution in [0.15, 0.2) is 30.9 Å². The van der Waals surface area contributed by atoms with Gasteiger partial charge in [-0.15, -0.1) is 0 Å². The molecule has 5 rings (SSSR count). The van der Waals surface area contributed by atoms with Crippen LogP contribution in [0.5, 0.6) is 0 Å². The third-order valence-corrected chi connectivity index (χ3v) is 6.79. The summed E-state index contributed by atoms with van der Waals surface area (Å²) in [5.74, 6) is 0.655. The molecule has 1 aliphatic carbocycles. The average Bonchev–Trinajstić information content (AvgIpc) is 2.91. The van der Waals surface area contributed by atoms with Crippen molar-refractivity contribution in [1.29, 1.82) is 0 Å². The first-order valence-corrected chi connectivity index (χ1v) is 10.6. The van der Waals surface area contributed by atoms with Gasteiger partial charge in [0.15, 0.2) is 0 Å². The highest BCUT2D eigenvalue weighted by Gasteiger charge is 2.33. The van der Waals surface area contributed by atoms with Gasteiger partial charge in [0.2, 0.25) is 5.91 Å². The maximum absolute atomic E-state index is 12.1. The molecule has 1 N–H and O–H groups in total. The minimum absolute atomic E-state index is 0.0124. The molecule has 3 aliphatic rings. The highest BCUT2D eigenvalue weighted by molar-refractivity contribution is 6.32. The summed E-state index contributed by atoms with van der Waals surface area (Å²) in [4.78, 5) is 14.0. The van der Waals surface area contributed by atoms with Crippen LogP contribution in [0.25, 0.3) is 5.69 Å². The predicted octanol–water partition coefficient (Wildman–Crippen LogP) is 3.55. The Balaban J connectivity index is 1.52. The average molecular weight is 397 g/mol. The summed E-state index contributed by atoms with van der Waals surface area (Å²) >= 11 is 6.71. The smallest absolute Gasteiger partial charge is 0.246 e. The van der Waals surface area contributed by atoms with Crippen LogP contribution >= 0.6 is 11.6 Å². The first-order chi connectivity index (χ1) is 13.7. The maximum Gasteiger partial charge on any atom is 0.246 e. The van der Waals surface area contributed by atoms with Gasteiger partial charge in [-0.2, -0.15) is 5.10 Å². The molecule has 1 saturated carbocycles. The summed E-state index contributed by atoms with van der Waals surface area (Å²) in [5.41, 5.74) is 5.87. The molecule has 2 aromatic rings. The first-order valence-electron chi connectivity index (χ1n) is 10.2. The van der Waals surface area contributed by atoms with Crippen LogP contribution in [-0.4, -0.2) is 40.2 Å². The van der Waals surface area contributed by atoms with Crippen LogP contribution in [0, 0.1) is 0 Å². The second-order valence-electron chi connectivity index (χ2n) is 8.05. The summed E-state index contributed by atoms with van der Waals surface area (Å²) < 4.78 is 2.05. The number of hydrogen-bond donors (Lipinski definition) is 1. The SMILES string of the molecule is C=CC(=O)N1CCc2nn(-c3ccc(C4CCC4)cc3Cl)c3c2C(C1)NCC3. The topological polar surface area (TPSA) is 50.2 Å². The van der Waals surface area contributed by atoms with Gasteiger partial charge in [0.25, 0.3) is 0 Å². The number of hydrogen-bond acceptors (Lipinski definition) is 3. The predicted molar refractivity (Wildman–Crippen MR) is 110 cm³/mol. The third-order valence-electron chi connectivity index (χ3n) is 6.48. The molecule has 0 saturated heterocycles. The van der Waals surface area contributed by atoms with Crippen LogP contribution < -0.4 is 5.32 Å². The Labute approximate surface area is 170 Å². The van der Waals surface area contributed by atoms with E-state index in [0.29, 0.717) is 19.0 Å². The van der Waals surface area contributed by atoms with Gasteiger partial charge in [-0.25, -0.2) is 4.68 Å². The van der Waals surface area contributed by atoms with Crippen molar-refractivity contribution < 1.29 is 4.79 Å². The van der Waals surface area contributed by atoms with Crippen LogP contribution in [-0.2, 0) is 17.6 Å². The normalized spacial score (nSPS) is 21.6. The number of nitrogens with zero attached hydrogens (tertiary/aromatic N) is 3. The Morgan fingerprint density at radius 3 is 2.89 bits per heavy atom. The Morgan fingerprint density at radius 2 is 2.18 bits per heavy atom. The second kappa shape index (κ2) is 7.05. The molecule has 0 radical (unpaired) electrons. The fourth-order valence-electron chi connectivity index (χ4n) is 4.74. The van der Waals surface area contributed by atoms with Gasteiger partial charge in [-0.1, -0.05) is 30.7 Å². The summed E-state index contributed by atoms with van der Waals surface area (Å²) in [6, 6.07) is 6.59. The molecule has 28 heavy (non-hydrogen) atoms. The van der Waals surface area contributed by atoms with Crippen molar-refractivity contribution in [3.8, 4) is 5.69 Å². The van der Waals surface area contributed by atoms with Crippen LogP contribution in [0.4, 0.5) is 0 Å². The van der Waals surface area contributed by atoms with Gasteiger partial charge < -0.3 is 10.2 Å². The number of carbonyl (C=O) groups is 1. The van der Waals surface area contributed by atoms with E-state index in [1.807, 2.05) is 4.90 Å². The van der Waals surface area contributed by atoms with E-state index in [-0.39, 0.29) is 11.9 Å². The Kier molecular flexibility index (Phi) is 4.52. The molecule has 1 unspecified atom stereocenters. The van der Waals surface area contributed by atoms with Gasteiger partial charge >= 0.3 is 0 Å². The monoisotopic (exact) mass is 396 g/mol. The molecule has 1 aromatic carbocycles. The molecule has 0 spiro atoms. The zero-order chi connectivity index (χ0) is 19.3. The molecule has 2 aliphatic heterocycles. The quantitative estimate of drug-likeness (QED) is 0.807. The third kappa shape index (κ3) is 2.88. The molecule has 1 amide bonds. The minimum atomic E-state index is -0.0124. The van der Waals surface area contributed by atoms with E-state index in [1.54, 1.807) is 0 Å². The lowest BCUT2D eigenvalue weighted by Crippen LogP contribution is -2.40. The van der Waals surface area contributed by atoms with Crippen molar-refractivity contribution >= 4 is 17.5 Å². The van der Waals surface area contributed by atoms with Gasteiger partial charge in [-0.3, -0.25) is 4.79 Å². The molecule has 3 heterocycles. The minimum Gasteiger partial charge on any atom is -0.337 e. The van der Waals surface area contributed by atoms with Crippen molar-refractivity contribution in [3.63, 3.8) is 0 Å². The number of nitrogens with one attached hydrogen (secondary N) is 1. The van der Waals surface area contributed by atoms with Crippen molar-refractivity contribution in [2.24, 2.45) is 0 Å². The van der Waals surface area contributed by atoms with Gasteiger partial charge in [-0.05, 0) is 42.5 Å². The van der Waals surface area contributed by atoms with Crippen LogP contribution in [0.3, 0.4) is 0 Å². The van der Waals surface area contributed by atoms with Crippen molar-refractivity contribution in [1.82, 2.24) is 20.0 Å². The number of halogens is 1. The fraction of sp³-hybridized carbons (Fsp3) is 0.455. The zero-order valence-corrected chi connectivity index (χ0v) is 16.7. The molecule has 1 aromatic heterocycles. The van der Waals surface area contributed by atoms with Crippen LogP contribution in [0.2, 0.25) is 5.02 Å². The molecular formula is C22H25ClN4O. The summed E-state index contributed by atoms with van der Waals surface area (Å²) in [6.45, 7) is 5.83. The lowest BCUT2D eigenvalue weighted by atomic mass is 9.80. The van der Waals surface area contributed by atoms with Gasteiger partial charge in [0, 0.05) is 38.0 Å². The largest absolute Gasteiger partial charge is 0.337 e. The number of carbonyl (C=O) groups excluding carboxylic acids is 1. The lowest BCUT2D eigenvalue weighted by Gasteiger charge is -2.29. The van der Waals surface area contributed by atoms with Gasteiger partial charge in [0.1, 0.15) is 0 Å². The molecule has 146 valence electrons. The molecule has 0 bridgehead atoms. The number of rotatable bonds is 3. The van der Waals surface area contributed by atoms with E-state index in [0.717, 1.165) is 35.8 Å².